The molecule has 0 radical (unpaired) electrons. The number of hydrogen-bond acceptors (Lipinski definition) is 14. The Bertz CT molecular complexity index is 3260. The van der Waals surface area contributed by atoms with Crippen LogP contribution in [0.1, 0.15) is 109 Å². The van der Waals surface area contributed by atoms with Gasteiger partial charge in [0, 0.05) is 39.3 Å². The standard InChI is InChI=1S/C29H32N4O5.C28H30N4O5/c1-3-20(18-8-5-4-6-9-18)31-22-23(25(35)24(22)34)32-21-11-7-10-19(26(21)38-2)27(36)33-16-13-29(14-17-33)12-15-30-28(29)37;1-2-19(17-7-4-3-5-8-17)30-21-22(25(35)24(21)34)31-20-10-6-9-18(23(20)33)26(36)32-15-12-28(13-16-32)11-14-29-27(28)37/h4-11,20,31-32H,3,12-17H2,1-2H3,(H,30,37);3-10,19,30-31,33H,2,11-16H2,1H3,(H,29,37)/t20-;19-/m11/s1. The Morgan fingerprint density at radius 1 is 0.547 bits per heavy atom. The number of nitrogens with one attached hydrogen (secondary N) is 6. The van der Waals surface area contributed by atoms with Crippen molar-refractivity contribution in [3.63, 3.8) is 0 Å². The second-order valence-electron chi connectivity index (χ2n) is 19.8. The summed E-state index contributed by atoms with van der Waals surface area (Å²) in [7, 11) is 1.47. The number of hydrogen-bond donors (Lipinski definition) is 7. The summed E-state index contributed by atoms with van der Waals surface area (Å²) in [6.07, 6.45) is 5.42. The Kier molecular flexibility index (Phi) is 14.9. The van der Waals surface area contributed by atoms with Crippen molar-refractivity contribution in [1.82, 2.24) is 20.4 Å². The number of piperidine rings is 2. The molecule has 18 nitrogen and oxygen atoms in total. The summed E-state index contributed by atoms with van der Waals surface area (Å²) in [6.45, 7) is 7.15. The predicted molar refractivity (Wildman–Crippen MR) is 287 cm³/mol. The highest BCUT2D eigenvalue weighted by Gasteiger charge is 2.46. The molecular weight excluding hydrogens is 957 g/mol. The van der Waals surface area contributed by atoms with E-state index in [2.05, 4.69) is 31.9 Å². The Balaban J connectivity index is 0.000000184. The minimum absolute atomic E-state index is 0.0589. The first-order chi connectivity index (χ1) is 36.2. The number of aromatic hydroxyl groups is 1. The van der Waals surface area contributed by atoms with Gasteiger partial charge in [-0.1, -0.05) is 86.6 Å². The van der Waals surface area contributed by atoms with E-state index >= 15 is 0 Å². The van der Waals surface area contributed by atoms with Gasteiger partial charge in [0.1, 0.15) is 22.7 Å². The van der Waals surface area contributed by atoms with Crippen LogP contribution in [-0.2, 0) is 9.59 Å². The van der Waals surface area contributed by atoms with Gasteiger partial charge in [0.2, 0.25) is 11.8 Å². The fourth-order valence-electron chi connectivity index (χ4n) is 11.0. The van der Waals surface area contributed by atoms with Crippen LogP contribution in [0.15, 0.2) is 116 Å². The van der Waals surface area contributed by atoms with E-state index < -0.39 is 27.1 Å². The normalized spacial score (nSPS) is 17.4. The molecule has 0 bridgehead atoms. The highest BCUT2D eigenvalue weighted by molar-refractivity contribution is 6.01. The van der Waals surface area contributed by atoms with Crippen molar-refractivity contribution in [2.75, 3.05) is 67.6 Å². The molecule has 0 aliphatic carbocycles. The highest BCUT2D eigenvalue weighted by atomic mass is 16.5. The summed E-state index contributed by atoms with van der Waals surface area (Å²) >= 11 is 0. The molecule has 75 heavy (non-hydrogen) atoms. The maximum Gasteiger partial charge on any atom is 0.257 e. The number of anilines is 6. The van der Waals surface area contributed by atoms with Crippen LogP contribution in [-0.4, -0.2) is 84.9 Å². The number of rotatable bonds is 15. The van der Waals surface area contributed by atoms with Gasteiger partial charge in [0.25, 0.3) is 33.5 Å². The highest BCUT2D eigenvalue weighted by Crippen LogP contribution is 2.42. The van der Waals surface area contributed by atoms with Gasteiger partial charge in [0.15, 0.2) is 11.5 Å². The number of methoxy groups -OCH3 is 1. The van der Waals surface area contributed by atoms with Crippen LogP contribution in [0, 0.1) is 10.8 Å². The fraction of sp³-hybridized carbons (Fsp3) is 0.368. The van der Waals surface area contributed by atoms with Gasteiger partial charge in [-0.3, -0.25) is 38.4 Å². The second kappa shape index (κ2) is 21.7. The molecule has 390 valence electrons. The smallest absolute Gasteiger partial charge is 0.257 e. The summed E-state index contributed by atoms with van der Waals surface area (Å²) in [5.74, 6) is -0.386. The number of benzene rings is 4. The van der Waals surface area contributed by atoms with Gasteiger partial charge >= 0.3 is 0 Å². The number of carbonyl (C=O) groups excluding carboxylic acids is 4. The van der Waals surface area contributed by atoms with Crippen LogP contribution in [0.2, 0.25) is 0 Å². The lowest BCUT2D eigenvalue weighted by atomic mass is 9.77. The third kappa shape index (κ3) is 9.96. The molecule has 6 aromatic carbocycles. The van der Waals surface area contributed by atoms with E-state index in [1.54, 1.807) is 40.1 Å². The molecule has 0 saturated carbocycles. The minimum Gasteiger partial charge on any atom is -0.505 e. The summed E-state index contributed by atoms with van der Waals surface area (Å²) < 4.78 is 5.62. The lowest BCUT2D eigenvalue weighted by Crippen LogP contribution is -2.46. The van der Waals surface area contributed by atoms with E-state index in [9.17, 15) is 43.5 Å². The molecule has 4 aliphatic rings. The largest absolute Gasteiger partial charge is 0.505 e. The van der Waals surface area contributed by atoms with Crippen LogP contribution < -0.4 is 58.4 Å². The fourth-order valence-corrected chi connectivity index (χ4v) is 11.0. The first-order valence-corrected chi connectivity index (χ1v) is 25.7. The second-order valence-corrected chi connectivity index (χ2v) is 19.8. The molecule has 2 atom stereocenters. The monoisotopic (exact) mass is 1020 g/mol. The number of phenols is 1. The minimum atomic E-state index is -0.683. The quantitative estimate of drug-likeness (QED) is 0.0436. The maximum atomic E-state index is 13.5. The molecule has 4 fully saturated rings. The molecule has 10 rings (SSSR count). The number of ether oxygens (including phenoxy) is 1. The van der Waals surface area contributed by atoms with Crippen LogP contribution in [0.4, 0.5) is 34.1 Å². The number of para-hydroxylation sites is 2. The van der Waals surface area contributed by atoms with Gasteiger partial charge in [-0.15, -0.1) is 0 Å². The number of nitrogens with zero attached hydrogens (tertiary/aromatic N) is 2. The van der Waals surface area contributed by atoms with E-state index in [1.165, 1.54) is 13.2 Å². The Morgan fingerprint density at radius 3 is 1.36 bits per heavy atom. The SMILES string of the molecule is CC[C@@H](Nc1c(Nc2cccc(C(=O)N3CCC4(CCNC4=O)CC3)c2O)c(=O)c1=O)c1ccccc1.CC[C@@H](Nc1c(Nc2cccc(C(=O)N3CCC4(CCNC4=O)CC3)c2OC)c(=O)c1=O)c1ccccc1. The third-order valence-corrected chi connectivity index (χ3v) is 15.7. The molecule has 0 unspecified atom stereocenters. The number of phenolic OH excluding ortho intramolecular Hbond substituents is 1. The van der Waals surface area contributed by atoms with E-state index in [4.69, 9.17) is 4.74 Å². The number of carbonyl (C=O) groups is 4. The molecule has 18 heteroatoms. The van der Waals surface area contributed by atoms with E-state index in [0.717, 1.165) is 24.0 Å². The van der Waals surface area contributed by atoms with Crippen LogP contribution in [0.25, 0.3) is 0 Å². The number of likely N-dealkylation sites (tertiary alicyclic amines) is 2. The lowest BCUT2D eigenvalue weighted by molar-refractivity contribution is -0.130. The average molecular weight is 1020 g/mol. The third-order valence-electron chi connectivity index (χ3n) is 15.7. The average Bonchev–Trinajstić information content (AvgIpc) is 3.99. The Labute approximate surface area is 433 Å². The van der Waals surface area contributed by atoms with Crippen molar-refractivity contribution < 1.29 is 29.0 Å². The molecule has 0 aromatic heterocycles. The van der Waals surface area contributed by atoms with Gasteiger partial charge in [-0.2, -0.15) is 0 Å². The Morgan fingerprint density at radius 2 is 0.947 bits per heavy atom. The van der Waals surface area contributed by atoms with Gasteiger partial charge in [-0.25, -0.2) is 0 Å². The van der Waals surface area contributed by atoms with Crippen LogP contribution in [0.5, 0.6) is 11.5 Å². The van der Waals surface area contributed by atoms with Crippen molar-refractivity contribution >= 4 is 57.8 Å². The Hall–Kier alpha value is -8.28. The molecule has 4 aliphatic heterocycles. The predicted octanol–water partition coefficient (Wildman–Crippen LogP) is 6.38. The van der Waals surface area contributed by atoms with Gasteiger partial charge < -0.3 is 51.5 Å². The molecule has 2 spiro atoms. The molecule has 4 heterocycles. The first kappa shape index (κ1) is 51.6. The zero-order chi connectivity index (χ0) is 53.0. The topological polar surface area (TPSA) is 245 Å². The van der Waals surface area contributed by atoms with Crippen LogP contribution in [0.3, 0.4) is 0 Å². The maximum absolute atomic E-state index is 13.5. The number of amides is 4. The molecule has 4 saturated heterocycles. The molecule has 7 N–H and O–H groups in total. The lowest BCUT2D eigenvalue weighted by Gasteiger charge is -2.37. The summed E-state index contributed by atoms with van der Waals surface area (Å²) in [4.78, 5) is 104. The van der Waals surface area contributed by atoms with Crippen molar-refractivity contribution in [3.05, 3.63) is 160 Å². The first-order valence-electron chi connectivity index (χ1n) is 25.7. The summed E-state index contributed by atoms with van der Waals surface area (Å²) in [6, 6.07) is 28.8. The van der Waals surface area contributed by atoms with E-state index in [1.807, 2.05) is 74.5 Å². The van der Waals surface area contributed by atoms with Gasteiger partial charge in [-0.05, 0) is 86.8 Å². The summed E-state index contributed by atoms with van der Waals surface area (Å²) in [5, 5.41) is 29.0. The summed E-state index contributed by atoms with van der Waals surface area (Å²) in [5.41, 5.74) is 0.362. The van der Waals surface area contributed by atoms with E-state index in [0.29, 0.717) is 94.8 Å². The molecular formula is C57H62N8O10. The molecule has 6 aromatic rings. The molecule has 4 amide bonds. The van der Waals surface area contributed by atoms with Crippen molar-refractivity contribution in [2.45, 2.75) is 77.3 Å². The van der Waals surface area contributed by atoms with Crippen molar-refractivity contribution in [1.29, 1.82) is 0 Å². The van der Waals surface area contributed by atoms with Crippen LogP contribution >= 0.6 is 0 Å². The van der Waals surface area contributed by atoms with Crippen molar-refractivity contribution in [3.8, 4) is 11.5 Å². The van der Waals surface area contributed by atoms with Gasteiger partial charge in [0.05, 0.1) is 52.5 Å². The van der Waals surface area contributed by atoms with E-state index in [-0.39, 0.29) is 80.9 Å². The van der Waals surface area contributed by atoms with Crippen molar-refractivity contribution in [2.24, 2.45) is 10.8 Å². The zero-order valence-corrected chi connectivity index (χ0v) is 42.3. The zero-order valence-electron chi connectivity index (χ0n) is 42.3.